The Morgan fingerprint density at radius 2 is 2.00 bits per heavy atom. The lowest BCUT2D eigenvalue weighted by molar-refractivity contribution is 0.414. The van der Waals surface area contributed by atoms with Crippen molar-refractivity contribution in [3.8, 4) is 23.0 Å². The van der Waals surface area contributed by atoms with Gasteiger partial charge in [-0.1, -0.05) is 0 Å². The molecule has 3 rings (SSSR count). The maximum Gasteiger partial charge on any atom is 0.240 e. The van der Waals surface area contributed by atoms with Crippen molar-refractivity contribution in [3.05, 3.63) is 42.7 Å². The van der Waals surface area contributed by atoms with E-state index in [1.165, 1.54) is 4.80 Å². The second kappa shape index (κ2) is 4.33. The topological polar surface area (TPSA) is 66.0 Å². The molecule has 0 fully saturated rings. The number of hydrogen-bond acceptors (Lipinski definition) is 5. The van der Waals surface area contributed by atoms with E-state index in [0.717, 1.165) is 11.4 Å². The maximum atomic E-state index is 5.21. The van der Waals surface area contributed by atoms with Crippen molar-refractivity contribution in [2.75, 3.05) is 7.11 Å². The Hall–Kier alpha value is -2.63. The predicted molar refractivity (Wildman–Crippen MR) is 63.4 cm³/mol. The van der Waals surface area contributed by atoms with Crippen molar-refractivity contribution in [1.29, 1.82) is 0 Å². The molecule has 6 heteroatoms. The summed E-state index contributed by atoms with van der Waals surface area (Å²) >= 11 is 0. The van der Waals surface area contributed by atoms with Crippen molar-refractivity contribution in [3.63, 3.8) is 0 Å². The summed E-state index contributed by atoms with van der Waals surface area (Å²) in [7, 11) is 1.62. The number of ether oxygens (including phenoxy) is 1. The second-order valence-corrected chi connectivity index (χ2v) is 3.58. The van der Waals surface area contributed by atoms with Crippen molar-refractivity contribution >= 4 is 0 Å². The van der Waals surface area contributed by atoms with Crippen LogP contribution in [0.5, 0.6) is 5.75 Å². The van der Waals surface area contributed by atoms with E-state index < -0.39 is 0 Å². The van der Waals surface area contributed by atoms with Crippen LogP contribution in [0, 0.1) is 0 Å². The molecule has 0 bridgehead atoms. The van der Waals surface area contributed by atoms with Crippen LogP contribution in [0.15, 0.2) is 47.1 Å². The van der Waals surface area contributed by atoms with Crippen LogP contribution >= 0.6 is 0 Å². The highest BCUT2D eigenvalue weighted by Gasteiger charge is 2.09. The summed E-state index contributed by atoms with van der Waals surface area (Å²) in [5.74, 6) is 1.83. The van der Waals surface area contributed by atoms with Gasteiger partial charge in [0.1, 0.15) is 5.75 Å². The fourth-order valence-electron chi connectivity index (χ4n) is 1.54. The Morgan fingerprint density at radius 3 is 2.67 bits per heavy atom. The number of aromatic nitrogens is 4. The van der Waals surface area contributed by atoms with Gasteiger partial charge in [-0.25, -0.2) is 0 Å². The fraction of sp³-hybridized carbons (Fsp3) is 0.0833. The third-order valence-electron chi connectivity index (χ3n) is 2.46. The van der Waals surface area contributed by atoms with E-state index in [1.54, 1.807) is 25.5 Å². The number of furan rings is 1. The number of methoxy groups -OCH3 is 1. The molecule has 1 aromatic carbocycles. The van der Waals surface area contributed by atoms with Crippen molar-refractivity contribution in [1.82, 2.24) is 20.2 Å². The molecule has 0 N–H and O–H groups in total. The quantitative estimate of drug-likeness (QED) is 0.702. The van der Waals surface area contributed by atoms with E-state index in [1.807, 2.05) is 24.3 Å². The van der Waals surface area contributed by atoms with Crippen molar-refractivity contribution < 1.29 is 9.15 Å². The van der Waals surface area contributed by atoms with E-state index >= 15 is 0 Å². The minimum atomic E-state index is 0.454. The van der Waals surface area contributed by atoms with Gasteiger partial charge >= 0.3 is 0 Å². The highest BCUT2D eigenvalue weighted by atomic mass is 16.5. The van der Waals surface area contributed by atoms with Crippen LogP contribution in [0.1, 0.15) is 0 Å². The molecule has 0 aliphatic carbocycles. The molecule has 2 heterocycles. The lowest BCUT2D eigenvalue weighted by Crippen LogP contribution is -1.98. The summed E-state index contributed by atoms with van der Waals surface area (Å²) in [6.45, 7) is 0. The van der Waals surface area contributed by atoms with Crippen LogP contribution in [0.3, 0.4) is 0 Å². The molecular formula is C12H10N4O2. The van der Waals surface area contributed by atoms with Gasteiger partial charge in [0.2, 0.25) is 5.82 Å². The minimum Gasteiger partial charge on any atom is -0.497 e. The van der Waals surface area contributed by atoms with Gasteiger partial charge in [0.05, 0.1) is 19.1 Å². The van der Waals surface area contributed by atoms with Gasteiger partial charge in [0.25, 0.3) is 0 Å². The van der Waals surface area contributed by atoms with Gasteiger partial charge in [-0.05, 0) is 41.6 Å². The van der Waals surface area contributed by atoms with Crippen LogP contribution in [0.25, 0.3) is 17.3 Å². The molecule has 0 spiro atoms. The van der Waals surface area contributed by atoms with Crippen LogP contribution in [0.4, 0.5) is 0 Å². The fourth-order valence-corrected chi connectivity index (χ4v) is 1.54. The second-order valence-electron chi connectivity index (χ2n) is 3.58. The molecule has 0 saturated carbocycles. The van der Waals surface area contributed by atoms with Crippen LogP contribution < -0.4 is 4.74 Å². The zero-order valence-corrected chi connectivity index (χ0v) is 9.65. The van der Waals surface area contributed by atoms with Crippen LogP contribution in [0.2, 0.25) is 0 Å². The van der Waals surface area contributed by atoms with Gasteiger partial charge in [-0.2, -0.15) is 0 Å². The first-order valence-electron chi connectivity index (χ1n) is 5.35. The van der Waals surface area contributed by atoms with Gasteiger partial charge in [0, 0.05) is 0 Å². The predicted octanol–water partition coefficient (Wildman–Crippen LogP) is 1.93. The molecule has 18 heavy (non-hydrogen) atoms. The standard InChI is InChI=1S/C12H10N4O2/c1-17-10-6-4-9(5-7-10)16-14-12(13-15-16)11-3-2-8-18-11/h2-8H,1H3. The molecule has 0 aliphatic heterocycles. The Balaban J connectivity index is 1.92. The molecule has 0 amide bonds. The smallest absolute Gasteiger partial charge is 0.240 e. The monoisotopic (exact) mass is 242 g/mol. The lowest BCUT2D eigenvalue weighted by Gasteiger charge is -2.00. The zero-order chi connectivity index (χ0) is 12.4. The first kappa shape index (κ1) is 10.5. The SMILES string of the molecule is COc1ccc(-n2nnc(-c3ccco3)n2)cc1. The van der Waals surface area contributed by atoms with Crippen LogP contribution in [-0.2, 0) is 0 Å². The summed E-state index contributed by atoms with van der Waals surface area (Å²) in [4.78, 5) is 1.44. The van der Waals surface area contributed by atoms with E-state index in [9.17, 15) is 0 Å². The van der Waals surface area contributed by atoms with E-state index in [2.05, 4.69) is 15.4 Å². The third-order valence-corrected chi connectivity index (χ3v) is 2.46. The van der Waals surface area contributed by atoms with Crippen molar-refractivity contribution in [2.45, 2.75) is 0 Å². The van der Waals surface area contributed by atoms with Gasteiger partial charge in [-0.3, -0.25) is 0 Å². The average Bonchev–Trinajstić information content (AvgIpc) is 3.09. The van der Waals surface area contributed by atoms with E-state index in [-0.39, 0.29) is 0 Å². The Labute approximate surface area is 103 Å². The number of benzene rings is 1. The molecule has 2 aromatic heterocycles. The molecule has 0 atom stereocenters. The zero-order valence-electron chi connectivity index (χ0n) is 9.65. The summed E-state index contributed by atoms with van der Waals surface area (Å²) in [5.41, 5.74) is 0.807. The summed E-state index contributed by atoms with van der Waals surface area (Å²) in [6.07, 6.45) is 1.57. The summed E-state index contributed by atoms with van der Waals surface area (Å²) in [5, 5.41) is 12.1. The van der Waals surface area contributed by atoms with Crippen molar-refractivity contribution in [2.24, 2.45) is 0 Å². The number of tetrazole rings is 1. The maximum absolute atomic E-state index is 5.21. The summed E-state index contributed by atoms with van der Waals surface area (Å²) in [6, 6.07) is 11.0. The van der Waals surface area contributed by atoms with Gasteiger partial charge in [-0.15, -0.1) is 15.0 Å². The Morgan fingerprint density at radius 1 is 1.17 bits per heavy atom. The Bertz CT molecular complexity index is 628. The number of rotatable bonds is 3. The number of hydrogen-bond donors (Lipinski definition) is 0. The van der Waals surface area contributed by atoms with E-state index in [4.69, 9.17) is 9.15 Å². The Kier molecular flexibility index (Phi) is 2.53. The first-order chi connectivity index (χ1) is 8.86. The molecule has 0 unspecified atom stereocenters. The largest absolute Gasteiger partial charge is 0.497 e. The molecule has 90 valence electrons. The minimum absolute atomic E-state index is 0.454. The first-order valence-corrected chi connectivity index (χ1v) is 5.35. The third kappa shape index (κ3) is 1.84. The van der Waals surface area contributed by atoms with Gasteiger partial charge < -0.3 is 9.15 Å². The molecule has 0 radical (unpaired) electrons. The summed E-state index contributed by atoms with van der Waals surface area (Å²) < 4.78 is 10.3. The van der Waals surface area contributed by atoms with Crippen LogP contribution in [-0.4, -0.2) is 27.3 Å². The van der Waals surface area contributed by atoms with E-state index in [0.29, 0.717) is 11.6 Å². The highest BCUT2D eigenvalue weighted by Crippen LogP contribution is 2.16. The lowest BCUT2D eigenvalue weighted by atomic mass is 10.3. The number of nitrogens with zero attached hydrogens (tertiary/aromatic N) is 4. The molecule has 0 aliphatic rings. The van der Waals surface area contributed by atoms with Gasteiger partial charge in [0.15, 0.2) is 5.76 Å². The molecule has 0 saturated heterocycles. The molecule has 6 nitrogen and oxygen atoms in total. The average molecular weight is 242 g/mol. The normalized spacial score (nSPS) is 10.5. The molecular weight excluding hydrogens is 232 g/mol. The highest BCUT2D eigenvalue weighted by molar-refractivity contribution is 5.45. The molecule has 3 aromatic rings.